The fourth-order valence-electron chi connectivity index (χ4n) is 2.01. The Kier molecular flexibility index (Phi) is 3.16. The summed E-state index contributed by atoms with van der Waals surface area (Å²) in [4.78, 5) is 26.0. The van der Waals surface area contributed by atoms with Gasteiger partial charge in [0.25, 0.3) is 5.54 Å². The molecule has 19 heavy (non-hydrogen) atoms. The second-order valence-corrected chi connectivity index (χ2v) is 4.58. The number of hydrogen-bond donors (Lipinski definition) is 1. The van der Waals surface area contributed by atoms with Gasteiger partial charge in [0.1, 0.15) is 6.42 Å². The molecule has 2 rings (SSSR count). The summed E-state index contributed by atoms with van der Waals surface area (Å²) in [6.45, 7) is 1.39. The highest BCUT2D eigenvalue weighted by molar-refractivity contribution is 5.80. The molecular formula is C13H13N3O3. The Morgan fingerprint density at radius 3 is 2.84 bits per heavy atom. The molecule has 0 fully saturated rings. The molecule has 0 aliphatic rings. The first-order valence-corrected chi connectivity index (χ1v) is 5.71. The predicted molar refractivity (Wildman–Crippen MR) is 69.9 cm³/mol. The second-order valence-electron chi connectivity index (χ2n) is 4.58. The maximum atomic E-state index is 11.3. The summed E-state index contributed by atoms with van der Waals surface area (Å²) in [6, 6.07) is 8.67. The molecule has 1 heterocycles. The summed E-state index contributed by atoms with van der Waals surface area (Å²) in [7, 11) is 0. The molecule has 0 spiro atoms. The van der Waals surface area contributed by atoms with Crippen molar-refractivity contribution in [3.63, 3.8) is 0 Å². The zero-order valence-electron chi connectivity index (χ0n) is 10.4. The SMILES string of the molecule is CC(CC(N)=O)(c1ccc2cccnc2c1)[N+](=O)[O-]. The second kappa shape index (κ2) is 4.64. The van der Waals surface area contributed by atoms with Crippen LogP contribution in [-0.4, -0.2) is 15.8 Å². The quantitative estimate of drug-likeness (QED) is 0.665. The summed E-state index contributed by atoms with van der Waals surface area (Å²) >= 11 is 0. The third-order valence-corrected chi connectivity index (χ3v) is 3.15. The molecule has 0 aliphatic heterocycles. The summed E-state index contributed by atoms with van der Waals surface area (Å²) < 4.78 is 0. The topological polar surface area (TPSA) is 99.1 Å². The number of fused-ring (bicyclic) bond motifs is 1. The van der Waals surface area contributed by atoms with E-state index in [0.29, 0.717) is 11.1 Å². The summed E-state index contributed by atoms with van der Waals surface area (Å²) in [5.41, 5.74) is 4.65. The molecule has 1 unspecified atom stereocenters. The van der Waals surface area contributed by atoms with Gasteiger partial charge in [-0.1, -0.05) is 18.2 Å². The molecule has 2 N–H and O–H groups in total. The Bertz CT molecular complexity index is 656. The molecule has 2 aromatic rings. The molecule has 6 heteroatoms. The molecule has 6 nitrogen and oxygen atoms in total. The average Bonchev–Trinajstić information content (AvgIpc) is 2.37. The lowest BCUT2D eigenvalue weighted by atomic mass is 9.88. The molecule has 1 aromatic carbocycles. The van der Waals surface area contributed by atoms with E-state index in [0.717, 1.165) is 5.39 Å². The van der Waals surface area contributed by atoms with Gasteiger partial charge in [0.15, 0.2) is 0 Å². The van der Waals surface area contributed by atoms with Gasteiger partial charge in [-0.25, -0.2) is 0 Å². The largest absolute Gasteiger partial charge is 0.369 e. The number of hydrogen-bond acceptors (Lipinski definition) is 4. The van der Waals surface area contributed by atoms with Gasteiger partial charge in [-0.15, -0.1) is 0 Å². The number of amides is 1. The van der Waals surface area contributed by atoms with E-state index in [-0.39, 0.29) is 6.42 Å². The maximum Gasteiger partial charge on any atom is 0.253 e. The Balaban J connectivity index is 2.56. The lowest BCUT2D eigenvalue weighted by Gasteiger charge is -2.20. The Morgan fingerprint density at radius 1 is 1.47 bits per heavy atom. The number of pyridine rings is 1. The molecule has 0 aliphatic carbocycles. The van der Waals surface area contributed by atoms with Gasteiger partial charge in [-0.05, 0) is 12.1 Å². The zero-order chi connectivity index (χ0) is 14.0. The normalized spacial score (nSPS) is 13.9. The lowest BCUT2D eigenvalue weighted by molar-refractivity contribution is -0.573. The van der Waals surface area contributed by atoms with Gasteiger partial charge >= 0.3 is 0 Å². The van der Waals surface area contributed by atoms with Crippen molar-refractivity contribution < 1.29 is 9.72 Å². The number of aromatic nitrogens is 1. The van der Waals surface area contributed by atoms with E-state index in [4.69, 9.17) is 5.73 Å². The number of rotatable bonds is 4. The van der Waals surface area contributed by atoms with Crippen LogP contribution < -0.4 is 5.73 Å². The first-order chi connectivity index (χ1) is 8.93. The fourth-order valence-corrected chi connectivity index (χ4v) is 2.01. The van der Waals surface area contributed by atoms with Crippen LogP contribution in [0.25, 0.3) is 10.9 Å². The number of benzene rings is 1. The van der Waals surface area contributed by atoms with Crippen molar-refractivity contribution in [2.24, 2.45) is 5.73 Å². The third kappa shape index (κ3) is 2.37. The molecule has 0 radical (unpaired) electrons. The van der Waals surface area contributed by atoms with Crippen molar-refractivity contribution in [1.29, 1.82) is 0 Å². The van der Waals surface area contributed by atoms with Crippen LogP contribution in [0.1, 0.15) is 18.9 Å². The molecule has 1 aromatic heterocycles. The van der Waals surface area contributed by atoms with Crippen LogP contribution in [0.15, 0.2) is 36.5 Å². The van der Waals surface area contributed by atoms with Crippen LogP contribution in [0, 0.1) is 10.1 Å². The van der Waals surface area contributed by atoms with Crippen molar-refractivity contribution in [1.82, 2.24) is 4.98 Å². The number of primary amides is 1. The first-order valence-electron chi connectivity index (χ1n) is 5.71. The van der Waals surface area contributed by atoms with Gasteiger partial charge < -0.3 is 5.73 Å². The molecule has 98 valence electrons. The van der Waals surface area contributed by atoms with Crippen LogP contribution >= 0.6 is 0 Å². The lowest BCUT2D eigenvalue weighted by Crippen LogP contribution is -2.36. The van der Waals surface area contributed by atoms with Crippen molar-refractivity contribution in [3.05, 3.63) is 52.2 Å². The predicted octanol–water partition coefficient (Wildman–Crippen LogP) is 1.60. The molecule has 0 saturated carbocycles. The van der Waals surface area contributed by atoms with Crippen LogP contribution in [-0.2, 0) is 10.3 Å². The first kappa shape index (κ1) is 12.9. The van der Waals surface area contributed by atoms with Crippen molar-refractivity contribution in [3.8, 4) is 0 Å². The molecular weight excluding hydrogens is 246 g/mol. The smallest absolute Gasteiger partial charge is 0.253 e. The van der Waals surface area contributed by atoms with E-state index >= 15 is 0 Å². The van der Waals surface area contributed by atoms with Gasteiger partial charge in [-0.3, -0.25) is 19.9 Å². The Hall–Kier alpha value is -2.50. The van der Waals surface area contributed by atoms with E-state index in [2.05, 4.69) is 4.98 Å². The highest BCUT2D eigenvalue weighted by Crippen LogP contribution is 2.30. The number of carbonyl (C=O) groups is 1. The van der Waals surface area contributed by atoms with Gasteiger partial charge in [0.05, 0.1) is 5.52 Å². The fraction of sp³-hybridized carbons (Fsp3) is 0.231. The highest BCUT2D eigenvalue weighted by atomic mass is 16.6. The molecule has 0 saturated heterocycles. The monoisotopic (exact) mass is 259 g/mol. The highest BCUT2D eigenvalue weighted by Gasteiger charge is 2.41. The summed E-state index contributed by atoms with van der Waals surface area (Å²) in [5.74, 6) is -0.708. The van der Waals surface area contributed by atoms with Crippen LogP contribution in [0.3, 0.4) is 0 Å². The zero-order valence-corrected chi connectivity index (χ0v) is 10.4. The number of nitrogens with zero attached hydrogens (tertiary/aromatic N) is 2. The number of carbonyl (C=O) groups excluding carboxylic acids is 1. The van der Waals surface area contributed by atoms with Crippen LogP contribution in [0.4, 0.5) is 0 Å². The molecule has 1 atom stereocenters. The summed E-state index contributed by atoms with van der Waals surface area (Å²) in [5, 5.41) is 12.2. The van der Waals surface area contributed by atoms with Gasteiger partial charge in [0, 0.05) is 29.0 Å². The Labute approximate surface area is 109 Å². The minimum absolute atomic E-state index is 0.349. The molecule has 0 bridgehead atoms. The van der Waals surface area contributed by atoms with E-state index in [1.165, 1.54) is 6.92 Å². The number of nitrogens with two attached hydrogens (primary N) is 1. The van der Waals surface area contributed by atoms with E-state index in [9.17, 15) is 14.9 Å². The standard InChI is InChI=1S/C13H13N3O3/c1-13(16(18)19,8-12(14)17)10-5-4-9-3-2-6-15-11(9)7-10/h2-7H,8H2,1H3,(H2,14,17). The minimum Gasteiger partial charge on any atom is -0.369 e. The average molecular weight is 259 g/mol. The van der Waals surface area contributed by atoms with Crippen molar-refractivity contribution >= 4 is 16.8 Å². The number of nitro groups is 1. The van der Waals surface area contributed by atoms with E-state index < -0.39 is 16.4 Å². The summed E-state index contributed by atoms with van der Waals surface area (Å²) in [6.07, 6.45) is 1.27. The van der Waals surface area contributed by atoms with Crippen LogP contribution in [0.2, 0.25) is 0 Å². The van der Waals surface area contributed by atoms with Gasteiger partial charge in [0.2, 0.25) is 5.91 Å². The van der Waals surface area contributed by atoms with E-state index in [1.807, 2.05) is 6.07 Å². The minimum atomic E-state index is -1.53. The Morgan fingerprint density at radius 2 is 2.21 bits per heavy atom. The third-order valence-electron chi connectivity index (χ3n) is 3.15. The van der Waals surface area contributed by atoms with Crippen molar-refractivity contribution in [2.45, 2.75) is 18.9 Å². The van der Waals surface area contributed by atoms with E-state index in [1.54, 1.807) is 30.5 Å². The molecule has 1 amide bonds. The van der Waals surface area contributed by atoms with Gasteiger partial charge in [-0.2, -0.15) is 0 Å². The van der Waals surface area contributed by atoms with Crippen LogP contribution in [0.5, 0.6) is 0 Å². The van der Waals surface area contributed by atoms with Crippen molar-refractivity contribution in [2.75, 3.05) is 0 Å². The maximum absolute atomic E-state index is 11.3.